The van der Waals surface area contributed by atoms with Crippen LogP contribution >= 0.6 is 0 Å². The highest BCUT2D eigenvalue weighted by molar-refractivity contribution is 7.87. The number of amides is 2. The Morgan fingerprint density at radius 2 is 2.00 bits per heavy atom. The van der Waals surface area contributed by atoms with Gasteiger partial charge in [0, 0.05) is 7.05 Å². The maximum atomic E-state index is 10.2. The van der Waals surface area contributed by atoms with E-state index in [0.717, 1.165) is 7.05 Å². The van der Waals surface area contributed by atoms with Crippen molar-refractivity contribution in [3.05, 3.63) is 0 Å². The van der Waals surface area contributed by atoms with Crippen molar-refractivity contribution >= 4 is 16.2 Å². The highest BCUT2D eigenvalue weighted by Gasteiger charge is 2.08. The van der Waals surface area contributed by atoms with Crippen LogP contribution in [0.3, 0.4) is 0 Å². The number of hydrogen-bond acceptors (Lipinski definition) is 3. The second-order valence-corrected chi connectivity index (χ2v) is 2.81. The number of carbonyl (C=O) groups is 1. The standard InChI is InChI=1S/C2H8N4O3S/c1-6(2(3)7)5-10(4,8)9/h5H,1H3,(H2,3,7)(H2,4,8,9). The van der Waals surface area contributed by atoms with Crippen LogP contribution in [0.1, 0.15) is 0 Å². The van der Waals surface area contributed by atoms with Gasteiger partial charge in [-0.1, -0.05) is 0 Å². The first-order valence-corrected chi connectivity index (χ1v) is 3.71. The molecule has 0 heterocycles. The van der Waals surface area contributed by atoms with Crippen LogP contribution < -0.4 is 15.7 Å². The smallest absolute Gasteiger partial charge is 0.329 e. The molecule has 10 heavy (non-hydrogen) atoms. The predicted molar refractivity (Wildman–Crippen MR) is 33.6 cm³/mol. The van der Waals surface area contributed by atoms with E-state index in [9.17, 15) is 13.2 Å². The van der Waals surface area contributed by atoms with Crippen molar-refractivity contribution in [2.45, 2.75) is 0 Å². The van der Waals surface area contributed by atoms with Crippen LogP contribution in [0, 0.1) is 0 Å². The molecule has 0 aromatic carbocycles. The fourth-order valence-corrected chi connectivity index (χ4v) is 0.708. The van der Waals surface area contributed by atoms with E-state index in [2.05, 4.69) is 10.9 Å². The van der Waals surface area contributed by atoms with E-state index in [4.69, 9.17) is 0 Å². The first-order valence-electron chi connectivity index (χ1n) is 2.16. The van der Waals surface area contributed by atoms with Gasteiger partial charge in [-0.3, -0.25) is 0 Å². The minimum atomic E-state index is -3.89. The van der Waals surface area contributed by atoms with E-state index in [1.807, 2.05) is 0 Å². The summed E-state index contributed by atoms with van der Waals surface area (Å²) < 4.78 is 20.3. The van der Waals surface area contributed by atoms with Crippen LogP contribution in [-0.2, 0) is 10.2 Å². The van der Waals surface area contributed by atoms with Gasteiger partial charge < -0.3 is 5.73 Å². The molecule has 0 aliphatic rings. The average molecular weight is 168 g/mol. The zero-order valence-electron chi connectivity index (χ0n) is 5.23. The molecule has 0 aromatic heterocycles. The molecule has 0 rings (SSSR count). The summed E-state index contributed by atoms with van der Waals surface area (Å²) >= 11 is 0. The molecule has 0 aromatic rings. The van der Waals surface area contributed by atoms with Crippen molar-refractivity contribution < 1.29 is 13.2 Å². The third kappa shape index (κ3) is 4.06. The lowest BCUT2D eigenvalue weighted by Crippen LogP contribution is -2.48. The first kappa shape index (κ1) is 9.14. The van der Waals surface area contributed by atoms with E-state index in [1.165, 1.54) is 0 Å². The molecule has 0 radical (unpaired) electrons. The van der Waals surface area contributed by atoms with Crippen LogP contribution in [0.2, 0.25) is 0 Å². The van der Waals surface area contributed by atoms with E-state index < -0.39 is 16.2 Å². The number of hydrogen-bond donors (Lipinski definition) is 3. The van der Waals surface area contributed by atoms with Crippen molar-refractivity contribution in [1.29, 1.82) is 0 Å². The Morgan fingerprint density at radius 3 is 2.10 bits per heavy atom. The van der Waals surface area contributed by atoms with Gasteiger partial charge in [-0.05, 0) is 0 Å². The molecule has 5 N–H and O–H groups in total. The number of rotatable bonds is 2. The van der Waals surface area contributed by atoms with Gasteiger partial charge in [-0.2, -0.15) is 8.42 Å². The van der Waals surface area contributed by atoms with Gasteiger partial charge in [-0.15, -0.1) is 4.83 Å². The Bertz CT molecular complexity index is 221. The molecule has 8 heteroatoms. The molecule has 0 aliphatic carbocycles. The molecule has 7 nitrogen and oxygen atoms in total. The maximum absolute atomic E-state index is 10.2. The van der Waals surface area contributed by atoms with E-state index in [-0.39, 0.29) is 0 Å². The predicted octanol–water partition coefficient (Wildman–Crippen LogP) is -2.29. The van der Waals surface area contributed by atoms with Crippen molar-refractivity contribution in [2.24, 2.45) is 10.9 Å². The summed E-state index contributed by atoms with van der Waals surface area (Å²) in [5.74, 6) is 0. The van der Waals surface area contributed by atoms with Gasteiger partial charge in [0.05, 0.1) is 0 Å². The normalized spacial score (nSPS) is 11.0. The van der Waals surface area contributed by atoms with Gasteiger partial charge >= 0.3 is 6.03 Å². The Balaban J connectivity index is 4.06. The lowest BCUT2D eigenvalue weighted by Gasteiger charge is -2.12. The number of nitrogens with one attached hydrogen (secondary N) is 1. The van der Waals surface area contributed by atoms with E-state index in [0.29, 0.717) is 5.01 Å². The highest BCUT2D eigenvalue weighted by Crippen LogP contribution is 1.74. The third-order valence-electron chi connectivity index (χ3n) is 0.595. The molecule has 0 bridgehead atoms. The zero-order valence-corrected chi connectivity index (χ0v) is 6.05. The number of nitrogens with zero attached hydrogens (tertiary/aromatic N) is 1. The van der Waals surface area contributed by atoms with Crippen LogP contribution in [0.25, 0.3) is 0 Å². The Hall–Kier alpha value is -0.860. The third-order valence-corrected chi connectivity index (χ3v) is 1.12. The highest BCUT2D eigenvalue weighted by atomic mass is 32.2. The molecule has 0 fully saturated rings. The summed E-state index contributed by atoms with van der Waals surface area (Å²) in [6.45, 7) is 0. The molecule has 0 atom stereocenters. The van der Waals surface area contributed by atoms with Gasteiger partial charge in [0.1, 0.15) is 0 Å². The van der Waals surface area contributed by atoms with E-state index >= 15 is 0 Å². The molecule has 0 saturated heterocycles. The summed E-state index contributed by atoms with van der Waals surface area (Å²) in [5, 5.41) is 5.04. The van der Waals surface area contributed by atoms with Gasteiger partial charge in [0.15, 0.2) is 0 Å². The van der Waals surface area contributed by atoms with Crippen molar-refractivity contribution in [3.63, 3.8) is 0 Å². The quantitative estimate of drug-likeness (QED) is 0.402. The Morgan fingerprint density at radius 1 is 1.60 bits per heavy atom. The molecular formula is C2H8N4O3S. The summed E-state index contributed by atoms with van der Waals surface area (Å²) in [7, 11) is -2.76. The minimum absolute atomic E-state index is 0.551. The maximum Gasteiger partial charge on any atom is 0.329 e. The summed E-state index contributed by atoms with van der Waals surface area (Å²) in [6, 6.07) is -0.936. The summed E-state index contributed by atoms with van der Waals surface area (Å²) in [5.41, 5.74) is 4.65. The fourth-order valence-electron chi connectivity index (χ4n) is 0.236. The van der Waals surface area contributed by atoms with Crippen molar-refractivity contribution in [2.75, 3.05) is 7.05 Å². The van der Waals surface area contributed by atoms with Crippen molar-refractivity contribution in [1.82, 2.24) is 9.84 Å². The molecular weight excluding hydrogens is 160 g/mol. The second kappa shape index (κ2) is 2.82. The van der Waals surface area contributed by atoms with Crippen LogP contribution in [0.4, 0.5) is 4.79 Å². The molecule has 60 valence electrons. The van der Waals surface area contributed by atoms with E-state index in [1.54, 1.807) is 4.83 Å². The Kier molecular flexibility index (Phi) is 2.57. The second-order valence-electron chi connectivity index (χ2n) is 1.53. The topological polar surface area (TPSA) is 119 Å². The number of primary amides is 1. The monoisotopic (exact) mass is 168 g/mol. The number of hydrazine groups is 1. The zero-order chi connectivity index (χ0) is 8.36. The number of carbonyl (C=O) groups excluding carboxylic acids is 1. The number of nitrogens with two attached hydrogens (primary N) is 2. The van der Waals surface area contributed by atoms with Crippen molar-refractivity contribution in [3.8, 4) is 0 Å². The Labute approximate surface area is 58.1 Å². The largest absolute Gasteiger partial charge is 0.350 e. The van der Waals surface area contributed by atoms with Gasteiger partial charge in [-0.25, -0.2) is 14.9 Å². The van der Waals surface area contributed by atoms with Gasteiger partial charge in [0.2, 0.25) is 0 Å². The van der Waals surface area contributed by atoms with Crippen LogP contribution in [-0.4, -0.2) is 26.5 Å². The van der Waals surface area contributed by atoms with Gasteiger partial charge in [0.25, 0.3) is 10.2 Å². The molecule has 0 saturated carbocycles. The molecule has 0 spiro atoms. The minimum Gasteiger partial charge on any atom is -0.350 e. The number of urea groups is 1. The molecule has 0 unspecified atom stereocenters. The lowest BCUT2D eigenvalue weighted by atomic mass is 11.0. The fraction of sp³-hybridized carbons (Fsp3) is 0.500. The molecule has 2 amide bonds. The SMILES string of the molecule is CN(NS(N)(=O)=O)C(N)=O. The summed E-state index contributed by atoms with van der Waals surface area (Å²) in [6.07, 6.45) is 0. The first-order chi connectivity index (χ1) is 4.33. The van der Waals surface area contributed by atoms with Crippen LogP contribution in [0.5, 0.6) is 0 Å². The molecule has 0 aliphatic heterocycles. The average Bonchev–Trinajstić information content (AvgIpc) is 1.60. The summed E-state index contributed by atoms with van der Waals surface area (Å²) in [4.78, 5) is 11.8. The lowest BCUT2D eigenvalue weighted by molar-refractivity contribution is 0.211. The van der Waals surface area contributed by atoms with Crippen LogP contribution in [0.15, 0.2) is 0 Å².